The zero-order valence-electron chi connectivity index (χ0n) is 6.99. The van der Waals surface area contributed by atoms with Crippen LogP contribution in [0, 0.1) is 0 Å². The molecule has 0 aromatic carbocycles. The zero-order chi connectivity index (χ0) is 8.10. The summed E-state index contributed by atoms with van der Waals surface area (Å²) in [5.41, 5.74) is 0. The van der Waals surface area contributed by atoms with Gasteiger partial charge in [-0.2, -0.15) is 5.10 Å². The van der Waals surface area contributed by atoms with E-state index in [2.05, 4.69) is 22.3 Å². The molecule has 1 atom stereocenters. The number of rotatable bonds is 4. The van der Waals surface area contributed by atoms with E-state index in [4.69, 9.17) is 0 Å². The second-order valence-electron chi connectivity index (χ2n) is 2.50. The molecule has 1 aromatic rings. The Morgan fingerprint density at radius 2 is 2.45 bits per heavy atom. The van der Waals surface area contributed by atoms with Crippen LogP contribution in [0.25, 0.3) is 0 Å². The Bertz CT molecular complexity index is 182. The molecule has 0 saturated heterocycles. The average Bonchev–Trinajstić information content (AvgIpc) is 2.52. The fourth-order valence-electron chi connectivity index (χ4n) is 1.07. The van der Waals surface area contributed by atoms with E-state index in [9.17, 15) is 0 Å². The molecule has 1 rings (SSSR count). The summed E-state index contributed by atoms with van der Waals surface area (Å²) in [6.07, 6.45) is 4.40. The van der Waals surface area contributed by atoms with E-state index >= 15 is 0 Å². The lowest BCUT2D eigenvalue weighted by atomic mass is 10.2. The molecule has 4 nitrogen and oxygen atoms in total. The maximum absolute atomic E-state index is 4.07. The van der Waals surface area contributed by atoms with Crippen LogP contribution < -0.4 is 5.32 Å². The van der Waals surface area contributed by atoms with Crippen LogP contribution in [0.4, 0.5) is 0 Å². The van der Waals surface area contributed by atoms with Gasteiger partial charge < -0.3 is 5.32 Å². The Hall–Kier alpha value is -0.900. The number of hydrogen-bond donors (Lipinski definition) is 1. The standard InChI is InChI=1S/C7H14N4/c1-3-7(4-8-2)11-6-9-5-10-11/h5-8H,3-4H2,1-2H3. The van der Waals surface area contributed by atoms with E-state index in [0.717, 1.165) is 13.0 Å². The molecule has 1 heterocycles. The maximum Gasteiger partial charge on any atom is 0.137 e. The molecular formula is C7H14N4. The van der Waals surface area contributed by atoms with Crippen molar-refractivity contribution in [3.05, 3.63) is 12.7 Å². The highest BCUT2D eigenvalue weighted by molar-refractivity contribution is 4.68. The Morgan fingerprint density at radius 3 is 2.91 bits per heavy atom. The summed E-state index contributed by atoms with van der Waals surface area (Å²) in [6, 6.07) is 0.433. The van der Waals surface area contributed by atoms with Crippen molar-refractivity contribution in [3.63, 3.8) is 0 Å². The fourth-order valence-corrected chi connectivity index (χ4v) is 1.07. The van der Waals surface area contributed by atoms with Crippen molar-refractivity contribution in [2.75, 3.05) is 13.6 Å². The summed E-state index contributed by atoms with van der Waals surface area (Å²) < 4.78 is 1.89. The van der Waals surface area contributed by atoms with Crippen molar-refractivity contribution in [2.45, 2.75) is 19.4 Å². The Morgan fingerprint density at radius 1 is 1.64 bits per heavy atom. The number of nitrogens with zero attached hydrogens (tertiary/aromatic N) is 3. The second-order valence-corrected chi connectivity index (χ2v) is 2.50. The topological polar surface area (TPSA) is 42.7 Å². The summed E-state index contributed by atoms with van der Waals surface area (Å²) in [5.74, 6) is 0. The van der Waals surface area contributed by atoms with E-state index in [0.29, 0.717) is 6.04 Å². The molecule has 0 bridgehead atoms. The fraction of sp³-hybridized carbons (Fsp3) is 0.714. The van der Waals surface area contributed by atoms with Gasteiger partial charge in [0.2, 0.25) is 0 Å². The first-order valence-corrected chi connectivity index (χ1v) is 3.87. The second kappa shape index (κ2) is 4.08. The Kier molecular flexibility index (Phi) is 3.04. The van der Waals surface area contributed by atoms with Crippen molar-refractivity contribution in [3.8, 4) is 0 Å². The van der Waals surface area contributed by atoms with Crippen molar-refractivity contribution in [1.82, 2.24) is 20.1 Å². The summed E-state index contributed by atoms with van der Waals surface area (Å²) in [5, 5.41) is 7.19. The number of aromatic nitrogens is 3. The predicted molar refractivity (Wildman–Crippen MR) is 43.3 cm³/mol. The van der Waals surface area contributed by atoms with Crippen LogP contribution in [0.1, 0.15) is 19.4 Å². The molecule has 0 radical (unpaired) electrons. The molecule has 1 N–H and O–H groups in total. The minimum absolute atomic E-state index is 0.433. The van der Waals surface area contributed by atoms with Gasteiger partial charge in [-0.1, -0.05) is 6.92 Å². The van der Waals surface area contributed by atoms with Gasteiger partial charge in [0.25, 0.3) is 0 Å². The predicted octanol–water partition coefficient (Wildman–Crippen LogP) is 0.449. The molecule has 0 amide bonds. The maximum atomic E-state index is 4.07. The lowest BCUT2D eigenvalue weighted by molar-refractivity contribution is 0.424. The third-order valence-corrected chi connectivity index (χ3v) is 1.72. The van der Waals surface area contributed by atoms with E-state index in [-0.39, 0.29) is 0 Å². The monoisotopic (exact) mass is 154 g/mol. The van der Waals surface area contributed by atoms with Gasteiger partial charge in [0.15, 0.2) is 0 Å². The summed E-state index contributed by atoms with van der Waals surface area (Å²) >= 11 is 0. The highest BCUT2D eigenvalue weighted by atomic mass is 15.3. The van der Waals surface area contributed by atoms with Crippen molar-refractivity contribution >= 4 is 0 Å². The highest BCUT2D eigenvalue weighted by Gasteiger charge is 2.06. The van der Waals surface area contributed by atoms with Crippen LogP contribution in [0.15, 0.2) is 12.7 Å². The lowest BCUT2D eigenvalue weighted by Gasteiger charge is -2.13. The van der Waals surface area contributed by atoms with E-state index in [1.54, 1.807) is 12.7 Å². The van der Waals surface area contributed by atoms with Gasteiger partial charge in [-0.25, -0.2) is 9.67 Å². The van der Waals surface area contributed by atoms with Gasteiger partial charge >= 0.3 is 0 Å². The van der Waals surface area contributed by atoms with Crippen LogP contribution in [-0.2, 0) is 0 Å². The summed E-state index contributed by atoms with van der Waals surface area (Å²) in [4.78, 5) is 3.90. The molecule has 4 heteroatoms. The van der Waals surface area contributed by atoms with Gasteiger partial charge in [-0.15, -0.1) is 0 Å². The summed E-state index contributed by atoms with van der Waals surface area (Å²) in [6.45, 7) is 3.09. The molecule has 0 aliphatic heterocycles. The largest absolute Gasteiger partial charge is 0.318 e. The quantitative estimate of drug-likeness (QED) is 0.684. The third kappa shape index (κ3) is 2.01. The first kappa shape index (κ1) is 8.20. The van der Waals surface area contributed by atoms with Gasteiger partial charge in [-0.3, -0.25) is 0 Å². The zero-order valence-corrected chi connectivity index (χ0v) is 6.99. The van der Waals surface area contributed by atoms with Crippen LogP contribution in [0.5, 0.6) is 0 Å². The highest BCUT2D eigenvalue weighted by Crippen LogP contribution is 2.05. The molecule has 62 valence electrons. The first-order valence-electron chi connectivity index (χ1n) is 3.87. The van der Waals surface area contributed by atoms with Crippen molar-refractivity contribution < 1.29 is 0 Å². The van der Waals surface area contributed by atoms with Gasteiger partial charge in [0.05, 0.1) is 6.04 Å². The average molecular weight is 154 g/mol. The Balaban J connectivity index is 2.56. The molecular weight excluding hydrogens is 140 g/mol. The molecule has 0 aliphatic carbocycles. The first-order chi connectivity index (χ1) is 5.38. The molecule has 0 fully saturated rings. The van der Waals surface area contributed by atoms with Crippen molar-refractivity contribution in [1.29, 1.82) is 0 Å². The van der Waals surface area contributed by atoms with Gasteiger partial charge in [-0.05, 0) is 13.5 Å². The molecule has 1 unspecified atom stereocenters. The van der Waals surface area contributed by atoms with Crippen molar-refractivity contribution in [2.24, 2.45) is 0 Å². The van der Waals surface area contributed by atoms with Crippen LogP contribution in [-0.4, -0.2) is 28.4 Å². The van der Waals surface area contributed by atoms with Gasteiger partial charge in [0, 0.05) is 6.54 Å². The minimum atomic E-state index is 0.433. The van der Waals surface area contributed by atoms with Crippen LogP contribution in [0.2, 0.25) is 0 Å². The number of nitrogens with one attached hydrogen (secondary N) is 1. The molecule has 0 saturated carbocycles. The van der Waals surface area contributed by atoms with E-state index in [1.807, 2.05) is 11.7 Å². The van der Waals surface area contributed by atoms with E-state index in [1.165, 1.54) is 0 Å². The lowest BCUT2D eigenvalue weighted by Crippen LogP contribution is -2.22. The third-order valence-electron chi connectivity index (χ3n) is 1.72. The van der Waals surface area contributed by atoms with Crippen LogP contribution in [0.3, 0.4) is 0 Å². The summed E-state index contributed by atoms with van der Waals surface area (Å²) in [7, 11) is 1.94. The minimum Gasteiger partial charge on any atom is -0.318 e. The molecule has 0 spiro atoms. The molecule has 0 aliphatic rings. The SMILES string of the molecule is CCC(CNC)n1cncn1. The normalized spacial score (nSPS) is 13.3. The smallest absolute Gasteiger partial charge is 0.137 e. The number of likely N-dealkylation sites (N-methyl/N-ethyl adjacent to an activating group) is 1. The van der Waals surface area contributed by atoms with E-state index < -0.39 is 0 Å². The van der Waals surface area contributed by atoms with Crippen LogP contribution >= 0.6 is 0 Å². The van der Waals surface area contributed by atoms with Gasteiger partial charge in [0.1, 0.15) is 12.7 Å². The number of hydrogen-bond acceptors (Lipinski definition) is 3. The Labute approximate surface area is 66.6 Å². The molecule has 1 aromatic heterocycles. The molecule has 11 heavy (non-hydrogen) atoms.